The number of hydrogen-bond acceptors (Lipinski definition) is 4. The second-order valence-corrected chi connectivity index (χ2v) is 7.01. The number of amides is 1. The molecular formula is C18H22N4OS. The number of benzene rings is 1. The van der Waals surface area contributed by atoms with Crippen LogP contribution in [0.1, 0.15) is 32.3 Å². The predicted octanol–water partition coefficient (Wildman–Crippen LogP) is 3.59. The van der Waals surface area contributed by atoms with Crippen LogP contribution in [0.4, 0.5) is 0 Å². The van der Waals surface area contributed by atoms with Crippen LogP contribution in [0.15, 0.2) is 35.5 Å². The van der Waals surface area contributed by atoms with Crippen molar-refractivity contribution in [3.05, 3.63) is 35.9 Å². The molecule has 1 atom stereocenters. The molecule has 0 aliphatic carbocycles. The van der Waals surface area contributed by atoms with Crippen LogP contribution in [0, 0.1) is 6.92 Å². The number of nitrogens with zero attached hydrogens (tertiary/aromatic N) is 3. The molecule has 0 saturated carbocycles. The smallest absolute Gasteiger partial charge is 0.230 e. The van der Waals surface area contributed by atoms with E-state index < -0.39 is 0 Å². The lowest BCUT2D eigenvalue weighted by atomic mass is 10.1. The van der Waals surface area contributed by atoms with E-state index in [1.165, 1.54) is 22.7 Å². The molecule has 24 heavy (non-hydrogen) atoms. The fourth-order valence-corrected chi connectivity index (χ4v) is 3.68. The average molecular weight is 342 g/mol. The zero-order valence-corrected chi connectivity index (χ0v) is 15.1. The third-order valence-corrected chi connectivity index (χ3v) is 4.96. The number of nitrogens with one attached hydrogen (secondary N) is 1. The number of fused-ring (bicyclic) bond motifs is 3. The van der Waals surface area contributed by atoms with Gasteiger partial charge in [0.25, 0.3) is 0 Å². The second-order valence-electron chi connectivity index (χ2n) is 6.07. The Morgan fingerprint density at radius 1 is 1.33 bits per heavy atom. The van der Waals surface area contributed by atoms with Crippen LogP contribution in [-0.4, -0.2) is 32.3 Å². The summed E-state index contributed by atoms with van der Waals surface area (Å²) in [5.41, 5.74) is 3.06. The fraction of sp³-hybridized carbons (Fsp3) is 0.389. The summed E-state index contributed by atoms with van der Waals surface area (Å²) in [6.45, 7) is 6.23. The lowest BCUT2D eigenvalue weighted by molar-refractivity contribution is -0.119. The first-order valence-electron chi connectivity index (χ1n) is 8.25. The summed E-state index contributed by atoms with van der Waals surface area (Å²) >= 11 is 1.42. The number of carbonyl (C=O) groups is 1. The fourth-order valence-electron chi connectivity index (χ4n) is 2.92. The predicted molar refractivity (Wildman–Crippen MR) is 98.5 cm³/mol. The van der Waals surface area contributed by atoms with Crippen molar-refractivity contribution in [3.8, 4) is 0 Å². The van der Waals surface area contributed by atoms with Crippen molar-refractivity contribution in [2.24, 2.45) is 0 Å². The topological polar surface area (TPSA) is 59.3 Å². The van der Waals surface area contributed by atoms with E-state index in [9.17, 15) is 4.79 Å². The largest absolute Gasteiger partial charge is 0.353 e. The molecule has 0 bridgehead atoms. The van der Waals surface area contributed by atoms with Gasteiger partial charge in [-0.05, 0) is 38.0 Å². The molecule has 0 radical (unpaired) electrons. The van der Waals surface area contributed by atoms with E-state index in [2.05, 4.69) is 41.5 Å². The van der Waals surface area contributed by atoms with Crippen molar-refractivity contribution < 1.29 is 4.79 Å². The first-order chi connectivity index (χ1) is 11.6. The SMILES string of the molecule is CCCC(C)NC(=O)CSc1nnc2cc(C)c3ccccc3n12. The molecule has 6 heteroatoms. The van der Waals surface area contributed by atoms with E-state index >= 15 is 0 Å². The van der Waals surface area contributed by atoms with E-state index in [1.807, 2.05) is 29.5 Å². The van der Waals surface area contributed by atoms with Crippen LogP contribution in [0.2, 0.25) is 0 Å². The highest BCUT2D eigenvalue weighted by molar-refractivity contribution is 7.99. The van der Waals surface area contributed by atoms with Crippen LogP contribution < -0.4 is 5.32 Å². The summed E-state index contributed by atoms with van der Waals surface area (Å²) in [4.78, 5) is 12.1. The van der Waals surface area contributed by atoms with Crippen LogP contribution >= 0.6 is 11.8 Å². The van der Waals surface area contributed by atoms with Gasteiger partial charge in [-0.25, -0.2) is 0 Å². The van der Waals surface area contributed by atoms with E-state index in [-0.39, 0.29) is 11.9 Å². The maximum atomic E-state index is 12.1. The van der Waals surface area contributed by atoms with Gasteiger partial charge in [0, 0.05) is 11.4 Å². The third-order valence-electron chi connectivity index (χ3n) is 4.04. The van der Waals surface area contributed by atoms with Gasteiger partial charge < -0.3 is 5.32 Å². The number of carbonyl (C=O) groups excluding carboxylic acids is 1. The normalized spacial score (nSPS) is 12.6. The molecule has 2 heterocycles. The van der Waals surface area contributed by atoms with Gasteiger partial charge in [0.15, 0.2) is 10.8 Å². The maximum Gasteiger partial charge on any atom is 0.230 e. The van der Waals surface area contributed by atoms with Crippen LogP contribution in [0.25, 0.3) is 16.6 Å². The summed E-state index contributed by atoms with van der Waals surface area (Å²) in [7, 11) is 0. The summed E-state index contributed by atoms with van der Waals surface area (Å²) < 4.78 is 2.02. The zero-order valence-electron chi connectivity index (χ0n) is 14.2. The van der Waals surface area contributed by atoms with E-state index in [0.717, 1.165) is 29.2 Å². The van der Waals surface area contributed by atoms with Gasteiger partial charge in [-0.15, -0.1) is 10.2 Å². The molecule has 0 saturated heterocycles. The quantitative estimate of drug-likeness (QED) is 0.696. The number of rotatable bonds is 6. The summed E-state index contributed by atoms with van der Waals surface area (Å²) in [5, 5.41) is 13.5. The van der Waals surface area contributed by atoms with Gasteiger partial charge in [-0.3, -0.25) is 9.20 Å². The van der Waals surface area contributed by atoms with E-state index in [0.29, 0.717) is 5.75 Å². The molecule has 5 nitrogen and oxygen atoms in total. The minimum atomic E-state index is 0.0362. The highest BCUT2D eigenvalue weighted by Gasteiger charge is 2.13. The van der Waals surface area contributed by atoms with E-state index in [4.69, 9.17) is 0 Å². The molecule has 0 spiro atoms. The standard InChI is InChI=1S/C18H22N4OS/c1-4-7-13(3)19-17(23)11-24-18-21-20-16-10-12(2)14-8-5-6-9-15(14)22(16)18/h5-6,8-10,13H,4,7,11H2,1-3H3,(H,19,23). The number of thioether (sulfide) groups is 1. The van der Waals surface area contributed by atoms with Gasteiger partial charge in [0.1, 0.15) is 0 Å². The lowest BCUT2D eigenvalue weighted by Crippen LogP contribution is -2.33. The first kappa shape index (κ1) is 16.8. The Balaban J connectivity index is 1.83. The van der Waals surface area contributed by atoms with Gasteiger partial charge in [-0.2, -0.15) is 0 Å². The summed E-state index contributed by atoms with van der Waals surface area (Å²) in [6.07, 6.45) is 2.06. The van der Waals surface area contributed by atoms with E-state index in [1.54, 1.807) is 0 Å². The Labute approximate surface area is 145 Å². The number of aromatic nitrogens is 3. The maximum absolute atomic E-state index is 12.1. The van der Waals surface area contributed by atoms with Gasteiger partial charge in [-0.1, -0.05) is 43.3 Å². The van der Waals surface area contributed by atoms with Crippen LogP contribution in [0.5, 0.6) is 0 Å². The molecule has 1 amide bonds. The molecule has 1 aromatic carbocycles. The molecule has 0 fully saturated rings. The monoisotopic (exact) mass is 342 g/mol. The highest BCUT2D eigenvalue weighted by Crippen LogP contribution is 2.25. The molecular weight excluding hydrogens is 320 g/mol. The average Bonchev–Trinajstić information content (AvgIpc) is 2.96. The van der Waals surface area contributed by atoms with Crippen LogP contribution in [-0.2, 0) is 4.79 Å². The molecule has 1 unspecified atom stereocenters. The van der Waals surface area contributed by atoms with Gasteiger partial charge in [0.2, 0.25) is 5.91 Å². The third kappa shape index (κ3) is 3.38. The van der Waals surface area contributed by atoms with Crippen molar-refractivity contribution in [3.63, 3.8) is 0 Å². The Morgan fingerprint density at radius 2 is 2.12 bits per heavy atom. The Kier molecular flexibility index (Phi) is 5.04. The molecule has 0 aliphatic heterocycles. The van der Waals surface area contributed by atoms with Crippen molar-refractivity contribution in [1.29, 1.82) is 0 Å². The zero-order chi connectivity index (χ0) is 17.1. The van der Waals surface area contributed by atoms with Gasteiger partial charge in [0.05, 0.1) is 11.3 Å². The number of hydrogen-bond donors (Lipinski definition) is 1. The molecule has 3 rings (SSSR count). The van der Waals surface area contributed by atoms with Crippen molar-refractivity contribution in [2.45, 2.75) is 44.8 Å². The molecule has 3 aromatic rings. The lowest BCUT2D eigenvalue weighted by Gasteiger charge is -2.12. The minimum Gasteiger partial charge on any atom is -0.353 e. The Morgan fingerprint density at radius 3 is 2.92 bits per heavy atom. The van der Waals surface area contributed by atoms with Crippen molar-refractivity contribution >= 4 is 34.2 Å². The van der Waals surface area contributed by atoms with Crippen molar-refractivity contribution in [2.75, 3.05) is 5.75 Å². The van der Waals surface area contributed by atoms with Gasteiger partial charge >= 0.3 is 0 Å². The molecule has 2 aromatic heterocycles. The molecule has 126 valence electrons. The minimum absolute atomic E-state index is 0.0362. The number of para-hydroxylation sites is 1. The molecule has 0 aliphatic rings. The first-order valence-corrected chi connectivity index (χ1v) is 9.24. The number of pyridine rings is 1. The Bertz CT molecular complexity index is 874. The second kappa shape index (κ2) is 7.21. The molecule has 1 N–H and O–H groups in total. The Hall–Kier alpha value is -2.08. The summed E-state index contributed by atoms with van der Waals surface area (Å²) in [5.74, 6) is 0.381. The van der Waals surface area contributed by atoms with Crippen LogP contribution in [0.3, 0.4) is 0 Å². The summed E-state index contributed by atoms with van der Waals surface area (Å²) in [6, 6.07) is 10.4. The van der Waals surface area contributed by atoms with Crippen molar-refractivity contribution in [1.82, 2.24) is 19.9 Å². The number of aryl methyl sites for hydroxylation is 1. The highest BCUT2D eigenvalue weighted by atomic mass is 32.2.